The smallest absolute Gasteiger partial charge is 0.236 e. The third kappa shape index (κ3) is 4.29. The molecule has 132 valence electrons. The van der Waals surface area contributed by atoms with Crippen LogP contribution in [0.4, 0.5) is 8.78 Å². The molecule has 1 aromatic carbocycles. The summed E-state index contributed by atoms with van der Waals surface area (Å²) in [7, 11) is 1.77. The van der Waals surface area contributed by atoms with Crippen molar-refractivity contribution >= 4 is 11.8 Å². The van der Waals surface area contributed by atoms with Gasteiger partial charge < -0.3 is 9.80 Å². The predicted octanol–water partition coefficient (Wildman–Crippen LogP) is 1.65. The molecule has 2 amide bonds. The molecule has 0 aromatic heterocycles. The van der Waals surface area contributed by atoms with Gasteiger partial charge in [-0.05, 0) is 31.7 Å². The number of hydrogen-bond donors (Lipinski definition) is 0. The molecular weight excluding hydrogens is 316 g/mol. The fourth-order valence-corrected chi connectivity index (χ4v) is 2.75. The van der Waals surface area contributed by atoms with Crippen molar-refractivity contribution in [2.24, 2.45) is 0 Å². The lowest BCUT2D eigenvalue weighted by Crippen LogP contribution is -2.52. The Bertz CT molecular complexity index is 616. The average Bonchev–Trinajstić information content (AvgIpc) is 2.56. The molecule has 1 aliphatic heterocycles. The second-order valence-electron chi connectivity index (χ2n) is 6.15. The lowest BCUT2D eigenvalue weighted by Gasteiger charge is -2.35. The normalized spacial score (nSPS) is 16.4. The van der Waals surface area contributed by atoms with Gasteiger partial charge in [-0.3, -0.25) is 14.5 Å². The minimum absolute atomic E-state index is 0.0196. The Kier molecular flexibility index (Phi) is 5.88. The lowest BCUT2D eigenvalue weighted by atomic mass is 10.1. The van der Waals surface area contributed by atoms with E-state index in [9.17, 15) is 18.4 Å². The third-order valence-electron chi connectivity index (χ3n) is 4.55. The zero-order valence-electron chi connectivity index (χ0n) is 14.3. The van der Waals surface area contributed by atoms with E-state index in [0.29, 0.717) is 31.7 Å². The second-order valence-corrected chi connectivity index (χ2v) is 6.15. The van der Waals surface area contributed by atoms with Gasteiger partial charge in [-0.2, -0.15) is 0 Å². The summed E-state index contributed by atoms with van der Waals surface area (Å²) >= 11 is 0. The van der Waals surface area contributed by atoms with E-state index in [0.717, 1.165) is 12.1 Å². The van der Waals surface area contributed by atoms with Gasteiger partial charge in [0.05, 0.1) is 6.54 Å². The Labute approximate surface area is 140 Å². The summed E-state index contributed by atoms with van der Waals surface area (Å²) in [6.45, 7) is 5.67. The van der Waals surface area contributed by atoms with Gasteiger partial charge in [0, 0.05) is 39.1 Å². The van der Waals surface area contributed by atoms with Crippen molar-refractivity contribution < 1.29 is 18.4 Å². The summed E-state index contributed by atoms with van der Waals surface area (Å²) in [5.74, 6) is -1.78. The van der Waals surface area contributed by atoms with Crippen molar-refractivity contribution in [2.45, 2.75) is 19.9 Å². The second kappa shape index (κ2) is 7.70. The number of carbonyl (C=O) groups excluding carboxylic acids is 2. The van der Waals surface area contributed by atoms with Crippen LogP contribution in [-0.2, 0) is 9.59 Å². The summed E-state index contributed by atoms with van der Waals surface area (Å²) in [5.41, 5.74) is 0.616. The predicted molar refractivity (Wildman–Crippen MR) is 86.2 cm³/mol. The highest BCUT2D eigenvalue weighted by atomic mass is 19.2. The maximum absolute atomic E-state index is 13.4. The van der Waals surface area contributed by atoms with E-state index in [2.05, 4.69) is 0 Å². The first-order valence-corrected chi connectivity index (χ1v) is 7.98. The number of hydrogen-bond acceptors (Lipinski definition) is 3. The number of nitrogens with zero attached hydrogens (tertiary/aromatic N) is 3. The quantitative estimate of drug-likeness (QED) is 0.838. The lowest BCUT2D eigenvalue weighted by molar-refractivity contribution is -0.139. The monoisotopic (exact) mass is 339 g/mol. The van der Waals surface area contributed by atoms with Gasteiger partial charge in [0.25, 0.3) is 0 Å². The van der Waals surface area contributed by atoms with Gasteiger partial charge in [0.2, 0.25) is 11.8 Å². The van der Waals surface area contributed by atoms with Crippen molar-refractivity contribution in [2.75, 3.05) is 39.8 Å². The SMILES string of the molecule is CC(=O)N1CCN(C(=O)CN(C)C(C)c2ccc(F)c(F)c2)CC1. The van der Waals surface area contributed by atoms with Gasteiger partial charge in [0.1, 0.15) is 0 Å². The van der Waals surface area contributed by atoms with Crippen LogP contribution in [0.3, 0.4) is 0 Å². The van der Waals surface area contributed by atoms with Crippen molar-refractivity contribution in [3.63, 3.8) is 0 Å². The highest BCUT2D eigenvalue weighted by molar-refractivity contribution is 5.79. The Balaban J connectivity index is 1.91. The Hall–Kier alpha value is -2.02. The van der Waals surface area contributed by atoms with Gasteiger partial charge in [-0.1, -0.05) is 6.07 Å². The van der Waals surface area contributed by atoms with Crippen LogP contribution in [0, 0.1) is 11.6 Å². The highest BCUT2D eigenvalue weighted by Gasteiger charge is 2.24. The standard InChI is InChI=1S/C17H23F2N3O2/c1-12(14-4-5-15(18)16(19)10-14)20(3)11-17(24)22-8-6-21(7-9-22)13(2)23/h4-5,10,12H,6-9,11H2,1-3H3. The van der Waals surface area contributed by atoms with Crippen molar-refractivity contribution in [1.82, 2.24) is 14.7 Å². The van der Waals surface area contributed by atoms with E-state index in [1.54, 1.807) is 21.7 Å². The zero-order valence-corrected chi connectivity index (χ0v) is 14.3. The molecule has 2 rings (SSSR count). The molecule has 5 nitrogen and oxygen atoms in total. The summed E-state index contributed by atoms with van der Waals surface area (Å²) in [6.07, 6.45) is 0. The molecular formula is C17H23F2N3O2. The van der Waals surface area contributed by atoms with Crippen molar-refractivity contribution in [3.8, 4) is 0 Å². The van der Waals surface area contributed by atoms with Crippen LogP contribution in [0.25, 0.3) is 0 Å². The van der Waals surface area contributed by atoms with Crippen LogP contribution in [0.5, 0.6) is 0 Å². The molecule has 0 radical (unpaired) electrons. The molecule has 0 N–H and O–H groups in total. The third-order valence-corrected chi connectivity index (χ3v) is 4.55. The van der Waals surface area contributed by atoms with E-state index >= 15 is 0 Å². The topological polar surface area (TPSA) is 43.9 Å². The maximum Gasteiger partial charge on any atom is 0.236 e. The van der Waals surface area contributed by atoms with Crippen LogP contribution >= 0.6 is 0 Å². The summed E-state index contributed by atoms with van der Waals surface area (Å²) < 4.78 is 26.4. The number of amides is 2. The first kappa shape index (κ1) is 18.3. The van der Waals surface area contributed by atoms with E-state index in [1.807, 2.05) is 6.92 Å². The number of piperazine rings is 1. The zero-order chi connectivity index (χ0) is 17.9. The van der Waals surface area contributed by atoms with E-state index in [4.69, 9.17) is 0 Å². The minimum atomic E-state index is -0.889. The Morgan fingerprint density at radius 2 is 1.71 bits per heavy atom. The molecule has 7 heteroatoms. The van der Waals surface area contributed by atoms with Gasteiger partial charge >= 0.3 is 0 Å². The van der Waals surface area contributed by atoms with Crippen molar-refractivity contribution in [1.29, 1.82) is 0 Å². The number of likely N-dealkylation sites (N-methyl/N-ethyl adjacent to an activating group) is 1. The van der Waals surface area contributed by atoms with Crippen LogP contribution in [0.15, 0.2) is 18.2 Å². The molecule has 0 saturated carbocycles. The molecule has 24 heavy (non-hydrogen) atoms. The molecule has 0 aliphatic carbocycles. The van der Waals surface area contributed by atoms with Gasteiger partial charge in [0.15, 0.2) is 11.6 Å². The Morgan fingerprint density at radius 3 is 2.25 bits per heavy atom. The number of carbonyl (C=O) groups is 2. The van der Waals surface area contributed by atoms with Crippen molar-refractivity contribution in [3.05, 3.63) is 35.4 Å². The number of rotatable bonds is 4. The maximum atomic E-state index is 13.4. The van der Waals surface area contributed by atoms with E-state index in [-0.39, 0.29) is 24.4 Å². The van der Waals surface area contributed by atoms with Gasteiger partial charge in [-0.15, -0.1) is 0 Å². The van der Waals surface area contributed by atoms with Gasteiger partial charge in [-0.25, -0.2) is 8.78 Å². The minimum Gasteiger partial charge on any atom is -0.339 e. The summed E-state index contributed by atoms with van der Waals surface area (Å²) in [6, 6.07) is 3.56. The molecule has 0 spiro atoms. The molecule has 1 saturated heterocycles. The van der Waals surface area contributed by atoms with Crippen LogP contribution in [0.1, 0.15) is 25.5 Å². The van der Waals surface area contributed by atoms with Crippen LogP contribution in [-0.4, -0.2) is 66.3 Å². The average molecular weight is 339 g/mol. The molecule has 1 fully saturated rings. The molecule has 1 aromatic rings. The van der Waals surface area contributed by atoms with E-state index < -0.39 is 11.6 Å². The fourth-order valence-electron chi connectivity index (χ4n) is 2.75. The fraction of sp³-hybridized carbons (Fsp3) is 0.529. The molecule has 1 aliphatic rings. The summed E-state index contributed by atoms with van der Waals surface area (Å²) in [4.78, 5) is 28.9. The number of halogens is 2. The molecule has 1 unspecified atom stereocenters. The van der Waals surface area contributed by atoms with Crippen LogP contribution < -0.4 is 0 Å². The molecule has 1 atom stereocenters. The first-order valence-electron chi connectivity index (χ1n) is 7.98. The highest BCUT2D eigenvalue weighted by Crippen LogP contribution is 2.21. The number of benzene rings is 1. The van der Waals surface area contributed by atoms with Crippen LogP contribution in [0.2, 0.25) is 0 Å². The largest absolute Gasteiger partial charge is 0.339 e. The molecule has 0 bridgehead atoms. The van der Waals surface area contributed by atoms with E-state index in [1.165, 1.54) is 13.0 Å². The summed E-state index contributed by atoms with van der Waals surface area (Å²) in [5, 5.41) is 0. The first-order chi connectivity index (χ1) is 11.3. The Morgan fingerprint density at radius 1 is 1.12 bits per heavy atom. The molecule has 1 heterocycles.